The van der Waals surface area contributed by atoms with Crippen LogP contribution in [0.15, 0.2) is 0 Å². The standard InChI is InChI=1S/C22H46P2.2CH3.Ti/c1-7-11-13-23-20-15-21(24-14-12-8-2)17-22(16-20,18(5)9-3)19(6)10-4;;;/h18-21,23-24H,7-17H2,1-6H3;2*1H3;/q;2*-1;+2. The minimum atomic E-state index is 0. The van der Waals surface area contributed by atoms with E-state index in [1.807, 2.05) is 0 Å². The number of hydrogen-bond donors (Lipinski definition) is 0. The van der Waals surface area contributed by atoms with Crippen LogP contribution in [0.4, 0.5) is 0 Å². The zero-order chi connectivity index (χ0) is 18.0. The van der Waals surface area contributed by atoms with E-state index in [0.29, 0.717) is 5.41 Å². The van der Waals surface area contributed by atoms with Crippen LogP contribution in [-0.2, 0) is 21.7 Å². The predicted molar refractivity (Wildman–Crippen MR) is 132 cm³/mol. The van der Waals surface area contributed by atoms with Crippen LogP contribution in [0.3, 0.4) is 0 Å². The first-order valence-electron chi connectivity index (χ1n) is 11.0. The fraction of sp³-hybridized carbons (Fsp3) is 0.917. The number of hydrogen-bond acceptors (Lipinski definition) is 0. The third-order valence-corrected chi connectivity index (χ3v) is 10.3. The third kappa shape index (κ3) is 10.4. The molecule has 0 aromatic carbocycles. The maximum atomic E-state index is 2.58. The largest absolute Gasteiger partial charge is 2.00 e. The summed E-state index contributed by atoms with van der Waals surface area (Å²) < 4.78 is 0. The van der Waals surface area contributed by atoms with Gasteiger partial charge in [-0.2, -0.15) is 0 Å². The monoisotopic (exact) mass is 450 g/mol. The van der Waals surface area contributed by atoms with Gasteiger partial charge in [-0.3, -0.25) is 0 Å². The Balaban J connectivity index is -0.00000192. The average molecular weight is 450 g/mol. The zero-order valence-electron chi connectivity index (χ0n) is 20.1. The molecule has 0 spiro atoms. The number of unbranched alkanes of at least 4 members (excludes halogenated alkanes) is 2. The summed E-state index contributed by atoms with van der Waals surface area (Å²) in [6, 6.07) is 0. The SMILES string of the molecule is CCCCPC1CC(PCCCC)CC(C(C)CC)(C(C)CC)C1.[CH3-].[CH3-].[Ti+2]. The second-order valence-electron chi connectivity index (χ2n) is 8.50. The van der Waals surface area contributed by atoms with Crippen molar-refractivity contribution >= 4 is 17.2 Å². The first kappa shape index (κ1) is 33.2. The van der Waals surface area contributed by atoms with E-state index < -0.39 is 0 Å². The molecule has 0 nitrogen and oxygen atoms in total. The summed E-state index contributed by atoms with van der Waals surface area (Å²) >= 11 is 0. The molecule has 1 rings (SSSR count). The summed E-state index contributed by atoms with van der Waals surface area (Å²) in [6.07, 6.45) is 16.1. The molecule has 6 unspecified atom stereocenters. The fourth-order valence-corrected chi connectivity index (χ4v) is 9.01. The van der Waals surface area contributed by atoms with Crippen LogP contribution >= 0.6 is 17.2 Å². The summed E-state index contributed by atoms with van der Waals surface area (Å²) in [7, 11) is 2.48. The zero-order valence-corrected chi connectivity index (χ0v) is 23.6. The van der Waals surface area contributed by atoms with Gasteiger partial charge in [0.05, 0.1) is 0 Å². The van der Waals surface area contributed by atoms with Gasteiger partial charge in [-0.15, -0.1) is 17.2 Å². The molecular formula is C24H52P2Ti. The molecule has 1 fully saturated rings. The smallest absolute Gasteiger partial charge is 0.358 e. The van der Waals surface area contributed by atoms with E-state index in [9.17, 15) is 0 Å². The van der Waals surface area contributed by atoms with Gasteiger partial charge in [0.25, 0.3) is 0 Å². The van der Waals surface area contributed by atoms with Gasteiger partial charge in [0.2, 0.25) is 0 Å². The normalized spacial score (nSPS) is 27.8. The van der Waals surface area contributed by atoms with Gasteiger partial charge in [0.1, 0.15) is 0 Å². The summed E-state index contributed by atoms with van der Waals surface area (Å²) in [5.41, 5.74) is 2.75. The van der Waals surface area contributed by atoms with E-state index in [1.54, 1.807) is 19.3 Å². The Hall–Kier alpha value is 1.57. The molecule has 27 heavy (non-hydrogen) atoms. The van der Waals surface area contributed by atoms with Crippen molar-refractivity contribution in [2.45, 2.75) is 111 Å². The van der Waals surface area contributed by atoms with Crippen molar-refractivity contribution in [2.24, 2.45) is 17.3 Å². The molecule has 0 aromatic heterocycles. The predicted octanol–water partition coefficient (Wildman–Crippen LogP) is 8.84. The van der Waals surface area contributed by atoms with Crippen LogP contribution < -0.4 is 0 Å². The molecule has 1 saturated carbocycles. The van der Waals surface area contributed by atoms with Crippen molar-refractivity contribution in [2.75, 3.05) is 12.3 Å². The Morgan fingerprint density at radius 3 is 1.44 bits per heavy atom. The van der Waals surface area contributed by atoms with Gasteiger partial charge in [-0.25, -0.2) is 0 Å². The molecule has 0 amide bonds. The van der Waals surface area contributed by atoms with Crippen molar-refractivity contribution in [3.05, 3.63) is 14.9 Å². The minimum absolute atomic E-state index is 0. The maximum Gasteiger partial charge on any atom is 2.00 e. The molecule has 1 aliphatic rings. The van der Waals surface area contributed by atoms with Crippen LogP contribution in [0.25, 0.3) is 0 Å². The quantitative estimate of drug-likeness (QED) is 0.121. The van der Waals surface area contributed by atoms with Crippen molar-refractivity contribution in [1.29, 1.82) is 0 Å². The van der Waals surface area contributed by atoms with Crippen LogP contribution in [0, 0.1) is 32.1 Å². The van der Waals surface area contributed by atoms with E-state index in [0.717, 1.165) is 23.2 Å². The Morgan fingerprint density at radius 2 is 1.15 bits per heavy atom. The number of rotatable bonds is 12. The summed E-state index contributed by atoms with van der Waals surface area (Å²) in [6.45, 7) is 14.7. The second kappa shape index (κ2) is 18.4. The Kier molecular flexibility index (Phi) is 22.6. The van der Waals surface area contributed by atoms with Crippen LogP contribution in [-0.4, -0.2) is 23.6 Å². The van der Waals surface area contributed by atoms with E-state index >= 15 is 0 Å². The average Bonchev–Trinajstić information content (AvgIpc) is 2.60. The van der Waals surface area contributed by atoms with Gasteiger partial charge in [0.15, 0.2) is 0 Å². The first-order chi connectivity index (χ1) is 11.5. The van der Waals surface area contributed by atoms with Gasteiger partial charge in [-0.1, -0.05) is 67.2 Å². The Labute approximate surface area is 193 Å². The molecule has 0 aromatic rings. The van der Waals surface area contributed by atoms with Crippen molar-refractivity contribution in [1.82, 2.24) is 0 Å². The van der Waals surface area contributed by atoms with Crippen molar-refractivity contribution < 1.29 is 21.7 Å². The van der Waals surface area contributed by atoms with Gasteiger partial charge >= 0.3 is 21.7 Å². The topological polar surface area (TPSA) is 0 Å². The summed E-state index contributed by atoms with van der Waals surface area (Å²) in [4.78, 5) is 0. The van der Waals surface area contributed by atoms with Crippen LogP contribution in [0.1, 0.15) is 99.3 Å². The van der Waals surface area contributed by atoms with Crippen molar-refractivity contribution in [3.8, 4) is 0 Å². The Morgan fingerprint density at radius 1 is 0.778 bits per heavy atom. The van der Waals surface area contributed by atoms with E-state index in [2.05, 4.69) is 41.5 Å². The molecule has 0 bridgehead atoms. The maximum absolute atomic E-state index is 2.58. The molecule has 1 aliphatic carbocycles. The van der Waals surface area contributed by atoms with Gasteiger partial charge < -0.3 is 14.9 Å². The molecule has 162 valence electrons. The van der Waals surface area contributed by atoms with Crippen molar-refractivity contribution in [3.63, 3.8) is 0 Å². The van der Waals surface area contributed by atoms with E-state index in [1.165, 1.54) is 68.0 Å². The molecule has 6 atom stereocenters. The molecule has 0 radical (unpaired) electrons. The van der Waals surface area contributed by atoms with Crippen LogP contribution in [0.5, 0.6) is 0 Å². The molecule has 0 heterocycles. The third-order valence-electron chi connectivity index (χ3n) is 6.94. The molecule has 0 N–H and O–H groups in total. The Bertz CT molecular complexity index is 292. The van der Waals surface area contributed by atoms with Gasteiger partial charge in [-0.05, 0) is 73.0 Å². The van der Waals surface area contributed by atoms with Crippen LogP contribution in [0.2, 0.25) is 0 Å². The van der Waals surface area contributed by atoms with E-state index in [4.69, 9.17) is 0 Å². The van der Waals surface area contributed by atoms with E-state index in [-0.39, 0.29) is 36.6 Å². The first-order valence-corrected chi connectivity index (χ1v) is 13.6. The second-order valence-corrected chi connectivity index (χ2v) is 12.0. The summed E-state index contributed by atoms with van der Waals surface area (Å²) in [5.74, 6) is 1.81. The van der Waals surface area contributed by atoms with Gasteiger partial charge in [0, 0.05) is 0 Å². The summed E-state index contributed by atoms with van der Waals surface area (Å²) in [5, 5.41) is 0. The molecule has 0 saturated heterocycles. The fourth-order valence-electron chi connectivity index (χ4n) is 4.89. The minimum Gasteiger partial charge on any atom is -0.358 e. The molecule has 3 heteroatoms. The molecular weight excluding hydrogens is 398 g/mol. The molecule has 0 aliphatic heterocycles.